The highest BCUT2D eigenvalue weighted by Gasteiger charge is 2.47. The Labute approximate surface area is 96.1 Å². The lowest BCUT2D eigenvalue weighted by atomic mass is 10.2. The Bertz CT molecular complexity index is 275. The molecule has 1 saturated heterocycles. The number of hydrogen-bond acceptors (Lipinski definition) is 4. The van der Waals surface area contributed by atoms with E-state index in [1.54, 1.807) is 20.8 Å². The smallest absolute Gasteiger partial charge is 0.413 e. The van der Waals surface area contributed by atoms with E-state index in [1.807, 2.05) is 0 Å². The Hall–Kier alpha value is -0.430. The lowest BCUT2D eigenvalue weighted by molar-refractivity contribution is -0.159. The molecule has 0 aromatic carbocycles. The minimum Gasteiger partial charge on any atom is -0.459 e. The van der Waals surface area contributed by atoms with E-state index >= 15 is 0 Å². The number of nitrogens with one attached hydrogen (secondary N) is 1. The third kappa shape index (κ3) is 3.86. The van der Waals surface area contributed by atoms with E-state index < -0.39 is 29.2 Å². The number of alkyl halides is 3. The van der Waals surface area contributed by atoms with E-state index in [9.17, 15) is 18.0 Å². The van der Waals surface area contributed by atoms with Gasteiger partial charge in [0, 0.05) is 5.75 Å². The topological polar surface area (TPSA) is 38.3 Å². The molecule has 1 fully saturated rings. The molecule has 1 rings (SSSR count). The van der Waals surface area contributed by atoms with Gasteiger partial charge in [0.1, 0.15) is 11.6 Å². The van der Waals surface area contributed by atoms with Gasteiger partial charge in [-0.15, -0.1) is 11.8 Å². The van der Waals surface area contributed by atoms with Crippen LogP contribution in [0.4, 0.5) is 13.2 Å². The first-order valence-corrected chi connectivity index (χ1v) is 5.82. The molecule has 16 heavy (non-hydrogen) atoms. The molecule has 1 aliphatic rings. The van der Waals surface area contributed by atoms with Gasteiger partial charge in [-0.2, -0.15) is 13.2 Å². The fraction of sp³-hybridized carbons (Fsp3) is 0.889. The van der Waals surface area contributed by atoms with Crippen LogP contribution in [0.3, 0.4) is 0 Å². The molecule has 3 nitrogen and oxygen atoms in total. The predicted octanol–water partition coefficient (Wildman–Crippen LogP) is 1.92. The Morgan fingerprint density at radius 3 is 2.31 bits per heavy atom. The standard InChI is InChI=1S/C9H14F3NO2S/c1-8(2,3)15-6(14)5-4-16-7(13-5)9(10,11)12/h5,7,13H,4H2,1-3H3/t5-,7-/m0/s1. The van der Waals surface area contributed by atoms with Gasteiger partial charge in [0.25, 0.3) is 0 Å². The van der Waals surface area contributed by atoms with Crippen molar-refractivity contribution in [2.45, 2.75) is 44.0 Å². The average Bonchev–Trinajstić information content (AvgIpc) is 2.46. The summed E-state index contributed by atoms with van der Waals surface area (Å²) in [5, 5.41) is 0.541. The van der Waals surface area contributed by atoms with Gasteiger partial charge in [-0.25, -0.2) is 0 Å². The van der Waals surface area contributed by atoms with Crippen LogP contribution < -0.4 is 5.32 Å². The van der Waals surface area contributed by atoms with Crippen LogP contribution in [0.5, 0.6) is 0 Å². The molecule has 0 spiro atoms. The van der Waals surface area contributed by atoms with Crippen LogP contribution in [0.15, 0.2) is 0 Å². The second-order valence-corrected chi connectivity index (χ2v) is 5.65. The molecular formula is C9H14F3NO2S. The van der Waals surface area contributed by atoms with Crippen molar-refractivity contribution in [1.82, 2.24) is 5.32 Å². The summed E-state index contributed by atoms with van der Waals surface area (Å²) in [6.45, 7) is 5.02. The van der Waals surface area contributed by atoms with Gasteiger partial charge in [-0.3, -0.25) is 10.1 Å². The lowest BCUT2D eigenvalue weighted by Gasteiger charge is -2.22. The highest BCUT2D eigenvalue weighted by molar-refractivity contribution is 8.00. The molecular weight excluding hydrogens is 243 g/mol. The Balaban J connectivity index is 2.51. The van der Waals surface area contributed by atoms with Crippen molar-refractivity contribution >= 4 is 17.7 Å². The maximum Gasteiger partial charge on any atom is 0.413 e. The molecule has 1 heterocycles. The Kier molecular flexibility index (Phi) is 3.79. The first-order chi connectivity index (χ1) is 7.09. The molecule has 0 aliphatic carbocycles. The molecule has 0 saturated carbocycles. The van der Waals surface area contributed by atoms with Crippen molar-refractivity contribution < 1.29 is 22.7 Å². The monoisotopic (exact) mass is 257 g/mol. The molecule has 1 N–H and O–H groups in total. The number of carbonyl (C=O) groups is 1. The molecule has 0 radical (unpaired) electrons. The van der Waals surface area contributed by atoms with E-state index in [2.05, 4.69) is 5.32 Å². The summed E-state index contributed by atoms with van der Waals surface area (Å²) in [7, 11) is 0. The van der Waals surface area contributed by atoms with E-state index in [0.29, 0.717) is 11.8 Å². The van der Waals surface area contributed by atoms with Crippen LogP contribution in [0, 0.1) is 0 Å². The maximum atomic E-state index is 12.3. The van der Waals surface area contributed by atoms with Crippen LogP contribution in [-0.4, -0.2) is 34.9 Å². The summed E-state index contributed by atoms with van der Waals surface area (Å²) in [5.74, 6) is -0.550. The van der Waals surface area contributed by atoms with Crippen molar-refractivity contribution in [1.29, 1.82) is 0 Å². The normalized spacial score (nSPS) is 26.9. The van der Waals surface area contributed by atoms with Crippen LogP contribution >= 0.6 is 11.8 Å². The third-order valence-corrected chi connectivity index (χ3v) is 3.03. The van der Waals surface area contributed by atoms with E-state index in [1.165, 1.54) is 0 Å². The fourth-order valence-corrected chi connectivity index (χ4v) is 2.24. The number of esters is 1. The number of rotatable bonds is 1. The van der Waals surface area contributed by atoms with Crippen LogP contribution in [0.25, 0.3) is 0 Å². The van der Waals surface area contributed by atoms with Gasteiger partial charge >= 0.3 is 12.1 Å². The number of thioether (sulfide) groups is 1. The Morgan fingerprint density at radius 2 is 1.94 bits per heavy atom. The molecule has 2 atom stereocenters. The molecule has 0 unspecified atom stereocenters. The highest BCUT2D eigenvalue weighted by atomic mass is 32.2. The largest absolute Gasteiger partial charge is 0.459 e. The van der Waals surface area contributed by atoms with Gasteiger partial charge in [0.05, 0.1) is 0 Å². The lowest BCUT2D eigenvalue weighted by Crippen LogP contribution is -2.45. The zero-order valence-corrected chi connectivity index (χ0v) is 10.0. The summed E-state index contributed by atoms with van der Waals surface area (Å²) in [4.78, 5) is 11.5. The summed E-state index contributed by atoms with van der Waals surface area (Å²) >= 11 is 0.675. The van der Waals surface area contributed by atoms with E-state index in [0.717, 1.165) is 0 Å². The van der Waals surface area contributed by atoms with Crippen molar-refractivity contribution in [2.75, 3.05) is 5.75 Å². The second-order valence-electron chi connectivity index (χ2n) is 4.51. The Morgan fingerprint density at radius 1 is 1.38 bits per heavy atom. The van der Waals surface area contributed by atoms with Crippen LogP contribution in [-0.2, 0) is 9.53 Å². The average molecular weight is 257 g/mol. The molecule has 0 bridgehead atoms. The number of carbonyl (C=O) groups excluding carboxylic acids is 1. The quantitative estimate of drug-likeness (QED) is 0.728. The number of halogens is 3. The van der Waals surface area contributed by atoms with Crippen LogP contribution in [0.2, 0.25) is 0 Å². The molecule has 1 aliphatic heterocycles. The zero-order chi connectivity index (χ0) is 12.6. The molecule has 0 aromatic heterocycles. The number of ether oxygens (including phenoxy) is 1. The van der Waals surface area contributed by atoms with Gasteiger partial charge in [0.15, 0.2) is 5.37 Å². The minimum atomic E-state index is -4.33. The predicted molar refractivity (Wildman–Crippen MR) is 55.1 cm³/mol. The molecule has 7 heteroatoms. The van der Waals surface area contributed by atoms with Gasteiger partial charge in [0.2, 0.25) is 0 Å². The fourth-order valence-electron chi connectivity index (χ4n) is 1.17. The summed E-state index contributed by atoms with van der Waals surface area (Å²) in [6.07, 6.45) is -4.33. The second kappa shape index (κ2) is 4.44. The zero-order valence-electron chi connectivity index (χ0n) is 9.22. The van der Waals surface area contributed by atoms with Gasteiger partial charge < -0.3 is 4.74 Å². The van der Waals surface area contributed by atoms with E-state index in [-0.39, 0.29) is 5.75 Å². The van der Waals surface area contributed by atoms with Crippen molar-refractivity contribution in [3.63, 3.8) is 0 Å². The molecule has 94 valence electrons. The molecule has 0 amide bonds. The SMILES string of the molecule is CC(C)(C)OC(=O)[C@@H]1CS[C@@H](C(F)(F)F)N1. The van der Waals surface area contributed by atoms with Crippen molar-refractivity contribution in [3.05, 3.63) is 0 Å². The summed E-state index contributed by atoms with van der Waals surface area (Å²) < 4.78 is 41.9. The van der Waals surface area contributed by atoms with Crippen molar-refractivity contribution in [3.8, 4) is 0 Å². The highest BCUT2D eigenvalue weighted by Crippen LogP contribution is 2.33. The van der Waals surface area contributed by atoms with Gasteiger partial charge in [-0.1, -0.05) is 0 Å². The first kappa shape index (κ1) is 13.6. The third-order valence-electron chi connectivity index (χ3n) is 1.77. The van der Waals surface area contributed by atoms with Crippen LogP contribution in [0.1, 0.15) is 20.8 Å². The van der Waals surface area contributed by atoms with E-state index in [4.69, 9.17) is 4.74 Å². The van der Waals surface area contributed by atoms with Gasteiger partial charge in [-0.05, 0) is 20.8 Å². The summed E-state index contributed by atoms with van der Waals surface area (Å²) in [6, 6.07) is -0.879. The number of hydrogen-bond donors (Lipinski definition) is 1. The first-order valence-electron chi connectivity index (χ1n) is 4.77. The minimum absolute atomic E-state index is 0.0824. The molecule has 0 aromatic rings. The maximum absolute atomic E-state index is 12.3. The van der Waals surface area contributed by atoms with Crippen molar-refractivity contribution in [2.24, 2.45) is 0 Å². The summed E-state index contributed by atoms with van der Waals surface area (Å²) in [5.41, 5.74) is -0.681.